The molecule has 0 aliphatic heterocycles. The molecule has 0 atom stereocenters. The van der Waals surface area contributed by atoms with Gasteiger partial charge >= 0.3 is 6.18 Å². The Morgan fingerprint density at radius 1 is 1.00 bits per heavy atom. The molecule has 1 aromatic heterocycles. The van der Waals surface area contributed by atoms with E-state index in [4.69, 9.17) is 0 Å². The van der Waals surface area contributed by atoms with E-state index in [9.17, 15) is 22.4 Å². The molecule has 0 saturated carbocycles. The van der Waals surface area contributed by atoms with Crippen molar-refractivity contribution in [2.24, 2.45) is 0 Å². The molecule has 0 saturated heterocycles. The van der Waals surface area contributed by atoms with Crippen LogP contribution in [0.5, 0.6) is 0 Å². The van der Waals surface area contributed by atoms with Crippen LogP contribution in [-0.2, 0) is 12.6 Å². The number of hydrogen-bond acceptors (Lipinski definition) is 2. The summed E-state index contributed by atoms with van der Waals surface area (Å²) in [6.07, 6.45) is -4.04. The molecule has 1 amide bonds. The molecule has 0 aliphatic rings. The zero-order valence-corrected chi connectivity index (χ0v) is 15.4. The number of amides is 1. The SMILES string of the molecule is O=C(Nc1ccc(Cc2nc3ccc(C(F)(F)F)cc3[nH]2)cc1)c1ccccc1F. The van der Waals surface area contributed by atoms with Gasteiger partial charge in [0.15, 0.2) is 0 Å². The van der Waals surface area contributed by atoms with Crippen LogP contribution >= 0.6 is 0 Å². The maximum absolute atomic E-state index is 13.7. The highest BCUT2D eigenvalue weighted by molar-refractivity contribution is 6.04. The zero-order chi connectivity index (χ0) is 21.3. The van der Waals surface area contributed by atoms with Crippen LogP contribution in [0.1, 0.15) is 27.3 Å². The molecule has 8 heteroatoms. The fourth-order valence-corrected chi connectivity index (χ4v) is 3.07. The number of aromatic amines is 1. The van der Waals surface area contributed by atoms with E-state index < -0.39 is 23.5 Å². The Balaban J connectivity index is 1.47. The van der Waals surface area contributed by atoms with Crippen molar-refractivity contribution in [2.75, 3.05) is 5.32 Å². The molecule has 4 aromatic rings. The van der Waals surface area contributed by atoms with Crippen LogP contribution in [-0.4, -0.2) is 15.9 Å². The van der Waals surface area contributed by atoms with Gasteiger partial charge in [-0.3, -0.25) is 4.79 Å². The molecule has 0 aliphatic carbocycles. The van der Waals surface area contributed by atoms with Gasteiger partial charge in [0.05, 0.1) is 22.2 Å². The average molecular weight is 413 g/mol. The van der Waals surface area contributed by atoms with Crippen LogP contribution in [0, 0.1) is 5.82 Å². The van der Waals surface area contributed by atoms with Gasteiger partial charge in [-0.15, -0.1) is 0 Å². The van der Waals surface area contributed by atoms with Crippen molar-refractivity contribution in [3.63, 3.8) is 0 Å². The molecule has 30 heavy (non-hydrogen) atoms. The van der Waals surface area contributed by atoms with Crippen molar-refractivity contribution >= 4 is 22.6 Å². The minimum absolute atomic E-state index is 0.0536. The van der Waals surface area contributed by atoms with Gasteiger partial charge < -0.3 is 10.3 Å². The van der Waals surface area contributed by atoms with Crippen LogP contribution < -0.4 is 5.32 Å². The number of anilines is 1. The molecule has 0 fully saturated rings. The lowest BCUT2D eigenvalue weighted by molar-refractivity contribution is -0.137. The van der Waals surface area contributed by atoms with Crippen molar-refractivity contribution in [1.29, 1.82) is 0 Å². The molecule has 0 spiro atoms. The van der Waals surface area contributed by atoms with Gasteiger partial charge in [0, 0.05) is 12.1 Å². The lowest BCUT2D eigenvalue weighted by Gasteiger charge is -2.07. The predicted octanol–water partition coefficient (Wildman–Crippen LogP) is 5.56. The van der Waals surface area contributed by atoms with E-state index in [2.05, 4.69) is 15.3 Å². The number of halogens is 4. The number of fused-ring (bicyclic) bond motifs is 1. The van der Waals surface area contributed by atoms with E-state index in [0.29, 0.717) is 29.0 Å². The number of alkyl halides is 3. The number of hydrogen-bond donors (Lipinski definition) is 2. The second-order valence-corrected chi connectivity index (χ2v) is 6.72. The van der Waals surface area contributed by atoms with Crippen LogP contribution in [0.4, 0.5) is 23.2 Å². The second kappa shape index (κ2) is 7.62. The Bertz CT molecular complexity index is 1210. The van der Waals surface area contributed by atoms with Gasteiger partial charge in [0.2, 0.25) is 0 Å². The molecule has 1 heterocycles. The van der Waals surface area contributed by atoms with Gasteiger partial charge in [-0.05, 0) is 48.0 Å². The molecule has 0 radical (unpaired) electrons. The van der Waals surface area contributed by atoms with E-state index in [1.165, 1.54) is 24.3 Å². The maximum atomic E-state index is 13.7. The van der Waals surface area contributed by atoms with E-state index in [-0.39, 0.29) is 5.56 Å². The minimum atomic E-state index is -4.41. The largest absolute Gasteiger partial charge is 0.416 e. The summed E-state index contributed by atoms with van der Waals surface area (Å²) < 4.78 is 52.2. The van der Waals surface area contributed by atoms with Crippen LogP contribution in [0.3, 0.4) is 0 Å². The first-order chi connectivity index (χ1) is 14.3. The number of carbonyl (C=O) groups is 1. The fourth-order valence-electron chi connectivity index (χ4n) is 3.07. The van der Waals surface area contributed by atoms with Gasteiger partial charge in [-0.2, -0.15) is 13.2 Å². The number of carbonyl (C=O) groups excluding carboxylic acids is 1. The van der Waals surface area contributed by atoms with Crippen molar-refractivity contribution in [3.05, 3.63) is 95.1 Å². The van der Waals surface area contributed by atoms with Crippen LogP contribution in [0.25, 0.3) is 11.0 Å². The Hall–Kier alpha value is -3.68. The number of nitrogens with one attached hydrogen (secondary N) is 2. The lowest BCUT2D eigenvalue weighted by atomic mass is 10.1. The van der Waals surface area contributed by atoms with Gasteiger partial charge in [0.1, 0.15) is 11.6 Å². The fraction of sp³-hybridized carbons (Fsp3) is 0.0909. The summed E-state index contributed by atoms with van der Waals surface area (Å²) in [5.74, 6) is -0.642. The topological polar surface area (TPSA) is 57.8 Å². The summed E-state index contributed by atoms with van der Waals surface area (Å²) in [7, 11) is 0. The van der Waals surface area contributed by atoms with Gasteiger partial charge in [0.25, 0.3) is 5.91 Å². The standard InChI is InChI=1S/C22H15F4N3O/c23-17-4-2-1-3-16(17)21(30)27-15-8-5-13(6-9-15)11-20-28-18-10-7-14(22(24,25)26)12-19(18)29-20/h1-10,12H,11H2,(H,27,30)(H,28,29). The number of aromatic nitrogens is 2. The van der Waals surface area contributed by atoms with E-state index in [1.54, 1.807) is 30.3 Å². The monoisotopic (exact) mass is 413 g/mol. The summed E-state index contributed by atoms with van der Waals surface area (Å²) in [5.41, 5.74) is 1.31. The Morgan fingerprint density at radius 2 is 1.73 bits per heavy atom. The molecular formula is C22H15F4N3O. The molecule has 2 N–H and O–H groups in total. The molecular weight excluding hydrogens is 398 g/mol. The third kappa shape index (κ3) is 4.17. The molecule has 0 bridgehead atoms. The highest BCUT2D eigenvalue weighted by Crippen LogP contribution is 2.31. The summed E-state index contributed by atoms with van der Waals surface area (Å²) in [6.45, 7) is 0. The number of benzene rings is 3. The van der Waals surface area contributed by atoms with E-state index >= 15 is 0 Å². The minimum Gasteiger partial charge on any atom is -0.342 e. The Labute approximate surface area is 168 Å². The number of imidazole rings is 1. The van der Waals surface area contributed by atoms with Crippen molar-refractivity contribution < 1.29 is 22.4 Å². The third-order valence-electron chi connectivity index (χ3n) is 4.56. The Kier molecular flexibility index (Phi) is 4.99. The zero-order valence-electron chi connectivity index (χ0n) is 15.4. The third-order valence-corrected chi connectivity index (χ3v) is 4.56. The molecule has 4 nitrogen and oxygen atoms in total. The average Bonchev–Trinajstić information content (AvgIpc) is 3.10. The van der Waals surface area contributed by atoms with Crippen molar-refractivity contribution in [1.82, 2.24) is 9.97 Å². The summed E-state index contributed by atoms with van der Waals surface area (Å²) in [5, 5.41) is 2.62. The number of rotatable bonds is 4. The Morgan fingerprint density at radius 3 is 2.43 bits per heavy atom. The molecule has 3 aromatic carbocycles. The quantitative estimate of drug-likeness (QED) is 0.430. The van der Waals surface area contributed by atoms with Crippen LogP contribution in [0.15, 0.2) is 66.7 Å². The first-order valence-corrected chi connectivity index (χ1v) is 9.00. The number of nitrogens with zero attached hydrogens (tertiary/aromatic N) is 1. The van der Waals surface area contributed by atoms with E-state index in [0.717, 1.165) is 17.7 Å². The molecule has 0 unspecified atom stereocenters. The summed E-state index contributed by atoms with van der Waals surface area (Å²) in [4.78, 5) is 19.4. The van der Waals surface area contributed by atoms with Crippen molar-refractivity contribution in [2.45, 2.75) is 12.6 Å². The lowest BCUT2D eigenvalue weighted by Crippen LogP contribution is -2.13. The first-order valence-electron chi connectivity index (χ1n) is 9.00. The highest BCUT2D eigenvalue weighted by Gasteiger charge is 2.30. The van der Waals surface area contributed by atoms with Gasteiger partial charge in [-0.1, -0.05) is 24.3 Å². The second-order valence-electron chi connectivity index (χ2n) is 6.72. The smallest absolute Gasteiger partial charge is 0.342 e. The highest BCUT2D eigenvalue weighted by atomic mass is 19.4. The molecule has 4 rings (SSSR count). The van der Waals surface area contributed by atoms with Crippen LogP contribution in [0.2, 0.25) is 0 Å². The number of H-pyrrole nitrogens is 1. The normalized spacial score (nSPS) is 11.6. The maximum Gasteiger partial charge on any atom is 0.416 e. The molecule has 152 valence electrons. The van der Waals surface area contributed by atoms with Gasteiger partial charge in [-0.25, -0.2) is 9.37 Å². The first kappa shape index (κ1) is 19.6. The van der Waals surface area contributed by atoms with E-state index in [1.807, 2.05) is 0 Å². The summed E-state index contributed by atoms with van der Waals surface area (Å²) in [6, 6.07) is 15.9. The predicted molar refractivity (Wildman–Crippen MR) is 105 cm³/mol. The summed E-state index contributed by atoms with van der Waals surface area (Å²) >= 11 is 0. The van der Waals surface area contributed by atoms with Crippen molar-refractivity contribution in [3.8, 4) is 0 Å².